The molecule has 5 heteroatoms. The molecular weight excluding hydrogens is 328 g/mol. The SMILES string of the molecule is C[C@@H](C(=O)Nc1ccc(C(C)(C)C)cc1)N1C(=O)C2CCCCC2C1=O. The van der Waals surface area contributed by atoms with Gasteiger partial charge in [-0.2, -0.15) is 0 Å². The molecule has 0 spiro atoms. The second-order valence-corrected chi connectivity index (χ2v) is 8.54. The quantitative estimate of drug-likeness (QED) is 0.843. The Morgan fingerprint density at radius 3 is 2.00 bits per heavy atom. The normalized spacial score (nSPS) is 24.4. The molecule has 0 bridgehead atoms. The lowest BCUT2D eigenvalue weighted by Crippen LogP contribution is -2.46. The number of hydrogen-bond donors (Lipinski definition) is 1. The first kappa shape index (κ1) is 18.6. The standard InChI is InChI=1S/C21H28N2O3/c1-13(23-19(25)16-7-5-6-8-17(16)20(23)26)18(24)22-15-11-9-14(10-12-15)21(2,3)4/h9-13,16-17H,5-8H2,1-4H3,(H,22,24)/t13-,16?,17?/m0/s1. The van der Waals surface area contributed by atoms with E-state index in [0.29, 0.717) is 5.69 Å². The van der Waals surface area contributed by atoms with E-state index in [1.165, 1.54) is 10.5 Å². The van der Waals surface area contributed by atoms with E-state index in [0.717, 1.165) is 25.7 Å². The van der Waals surface area contributed by atoms with Gasteiger partial charge in [-0.15, -0.1) is 0 Å². The Balaban J connectivity index is 1.70. The predicted octanol–water partition coefficient (Wildman–Crippen LogP) is 3.49. The summed E-state index contributed by atoms with van der Waals surface area (Å²) >= 11 is 0. The van der Waals surface area contributed by atoms with Crippen molar-refractivity contribution in [2.75, 3.05) is 5.32 Å². The molecule has 1 aromatic rings. The van der Waals surface area contributed by atoms with E-state index < -0.39 is 6.04 Å². The molecule has 2 aliphatic rings. The molecule has 26 heavy (non-hydrogen) atoms. The minimum Gasteiger partial charge on any atom is -0.324 e. The summed E-state index contributed by atoms with van der Waals surface area (Å²) in [6, 6.07) is 6.90. The summed E-state index contributed by atoms with van der Waals surface area (Å²) in [6.45, 7) is 8.03. The van der Waals surface area contributed by atoms with Gasteiger partial charge in [0.1, 0.15) is 6.04 Å². The maximum absolute atomic E-state index is 12.6. The maximum Gasteiger partial charge on any atom is 0.247 e. The minimum absolute atomic E-state index is 0.0422. The largest absolute Gasteiger partial charge is 0.324 e. The zero-order valence-electron chi connectivity index (χ0n) is 16.0. The Morgan fingerprint density at radius 1 is 1.04 bits per heavy atom. The van der Waals surface area contributed by atoms with E-state index in [2.05, 4.69) is 26.1 Å². The number of rotatable bonds is 3. The second kappa shape index (κ2) is 6.86. The van der Waals surface area contributed by atoms with Gasteiger partial charge in [0.25, 0.3) is 0 Å². The van der Waals surface area contributed by atoms with Crippen molar-refractivity contribution in [2.45, 2.75) is 64.8 Å². The van der Waals surface area contributed by atoms with E-state index in [4.69, 9.17) is 0 Å². The maximum atomic E-state index is 12.6. The molecule has 1 saturated heterocycles. The number of hydrogen-bond acceptors (Lipinski definition) is 3. The molecule has 3 amide bonds. The summed E-state index contributed by atoms with van der Waals surface area (Å²) in [5.41, 5.74) is 1.89. The summed E-state index contributed by atoms with van der Waals surface area (Å²) in [4.78, 5) is 39.1. The third-order valence-electron chi connectivity index (χ3n) is 5.66. The van der Waals surface area contributed by atoms with Gasteiger partial charge in [-0.05, 0) is 42.9 Å². The molecule has 1 aliphatic heterocycles. The van der Waals surface area contributed by atoms with Crippen LogP contribution in [-0.2, 0) is 19.8 Å². The van der Waals surface area contributed by atoms with Crippen molar-refractivity contribution >= 4 is 23.4 Å². The molecule has 1 saturated carbocycles. The van der Waals surface area contributed by atoms with Crippen LogP contribution in [0.5, 0.6) is 0 Å². The van der Waals surface area contributed by atoms with Crippen LogP contribution in [0.15, 0.2) is 24.3 Å². The van der Waals surface area contributed by atoms with E-state index in [-0.39, 0.29) is 35.0 Å². The van der Waals surface area contributed by atoms with E-state index >= 15 is 0 Å². The van der Waals surface area contributed by atoms with Gasteiger partial charge < -0.3 is 5.32 Å². The van der Waals surface area contributed by atoms with Crippen LogP contribution in [0.25, 0.3) is 0 Å². The van der Waals surface area contributed by atoms with Gasteiger partial charge in [-0.1, -0.05) is 45.7 Å². The molecule has 1 aliphatic carbocycles. The highest BCUT2D eigenvalue weighted by Crippen LogP contribution is 2.39. The molecular formula is C21H28N2O3. The highest BCUT2D eigenvalue weighted by atomic mass is 16.2. The van der Waals surface area contributed by atoms with Crippen molar-refractivity contribution in [1.29, 1.82) is 0 Å². The first-order chi connectivity index (χ1) is 12.2. The monoisotopic (exact) mass is 356 g/mol. The average Bonchev–Trinajstić information content (AvgIpc) is 2.85. The van der Waals surface area contributed by atoms with Gasteiger partial charge in [0, 0.05) is 5.69 Å². The molecule has 3 rings (SSSR count). The molecule has 1 aromatic carbocycles. The number of nitrogens with zero attached hydrogens (tertiary/aromatic N) is 1. The fraction of sp³-hybridized carbons (Fsp3) is 0.571. The van der Waals surface area contributed by atoms with Crippen molar-refractivity contribution in [1.82, 2.24) is 4.90 Å². The average molecular weight is 356 g/mol. The van der Waals surface area contributed by atoms with Crippen molar-refractivity contribution in [3.05, 3.63) is 29.8 Å². The number of nitrogens with one attached hydrogen (secondary N) is 1. The molecule has 1 heterocycles. The summed E-state index contributed by atoms with van der Waals surface area (Å²) in [5, 5.41) is 2.83. The van der Waals surface area contributed by atoms with Crippen LogP contribution in [0.3, 0.4) is 0 Å². The Morgan fingerprint density at radius 2 is 1.54 bits per heavy atom. The first-order valence-corrected chi connectivity index (χ1v) is 9.48. The predicted molar refractivity (Wildman–Crippen MR) is 101 cm³/mol. The number of fused-ring (bicyclic) bond motifs is 1. The molecule has 5 nitrogen and oxygen atoms in total. The van der Waals surface area contributed by atoms with Crippen molar-refractivity contribution in [2.24, 2.45) is 11.8 Å². The molecule has 140 valence electrons. The Kier molecular flexibility index (Phi) is 4.91. The van der Waals surface area contributed by atoms with Crippen LogP contribution in [0.4, 0.5) is 5.69 Å². The van der Waals surface area contributed by atoms with Crippen LogP contribution < -0.4 is 5.32 Å². The second-order valence-electron chi connectivity index (χ2n) is 8.54. The lowest BCUT2D eigenvalue weighted by Gasteiger charge is -2.23. The lowest BCUT2D eigenvalue weighted by molar-refractivity contribution is -0.146. The molecule has 0 aromatic heterocycles. The van der Waals surface area contributed by atoms with Crippen molar-refractivity contribution in [3.8, 4) is 0 Å². The van der Waals surface area contributed by atoms with Crippen LogP contribution in [-0.4, -0.2) is 28.7 Å². The third kappa shape index (κ3) is 3.39. The Bertz CT molecular complexity index is 694. The summed E-state index contributed by atoms with van der Waals surface area (Å²) in [6.07, 6.45) is 3.48. The van der Waals surface area contributed by atoms with Crippen LogP contribution in [0.1, 0.15) is 58.9 Å². The number of carbonyl (C=O) groups excluding carboxylic acids is 3. The number of benzene rings is 1. The molecule has 2 fully saturated rings. The van der Waals surface area contributed by atoms with Crippen LogP contribution >= 0.6 is 0 Å². The summed E-state index contributed by atoms with van der Waals surface area (Å²) in [7, 11) is 0. The minimum atomic E-state index is -0.789. The van der Waals surface area contributed by atoms with Crippen LogP contribution in [0, 0.1) is 11.8 Å². The highest BCUT2D eigenvalue weighted by molar-refractivity contribution is 6.09. The van der Waals surface area contributed by atoms with Gasteiger partial charge in [0.15, 0.2) is 0 Å². The highest BCUT2D eigenvalue weighted by Gasteiger charge is 2.50. The zero-order chi connectivity index (χ0) is 19.1. The van der Waals surface area contributed by atoms with Gasteiger partial charge in [0.2, 0.25) is 17.7 Å². The number of imide groups is 1. The molecule has 3 atom stereocenters. The van der Waals surface area contributed by atoms with Gasteiger partial charge >= 0.3 is 0 Å². The molecule has 1 N–H and O–H groups in total. The number of anilines is 1. The zero-order valence-corrected chi connectivity index (χ0v) is 16.0. The van der Waals surface area contributed by atoms with E-state index in [1.54, 1.807) is 6.92 Å². The summed E-state index contributed by atoms with van der Waals surface area (Å²) < 4.78 is 0. The fourth-order valence-corrected chi connectivity index (χ4v) is 3.99. The van der Waals surface area contributed by atoms with E-state index in [9.17, 15) is 14.4 Å². The van der Waals surface area contributed by atoms with Crippen molar-refractivity contribution < 1.29 is 14.4 Å². The molecule has 0 radical (unpaired) electrons. The van der Waals surface area contributed by atoms with Gasteiger partial charge in [-0.25, -0.2) is 0 Å². The topological polar surface area (TPSA) is 66.5 Å². The lowest BCUT2D eigenvalue weighted by atomic mass is 9.81. The number of amides is 3. The smallest absolute Gasteiger partial charge is 0.247 e. The number of likely N-dealkylation sites (tertiary alicyclic amines) is 1. The Hall–Kier alpha value is -2.17. The fourth-order valence-electron chi connectivity index (χ4n) is 3.99. The van der Waals surface area contributed by atoms with Gasteiger partial charge in [-0.3, -0.25) is 19.3 Å². The Labute approximate surface area is 155 Å². The third-order valence-corrected chi connectivity index (χ3v) is 5.66. The van der Waals surface area contributed by atoms with Gasteiger partial charge in [0.05, 0.1) is 11.8 Å². The van der Waals surface area contributed by atoms with E-state index in [1.807, 2.05) is 24.3 Å². The molecule has 2 unspecified atom stereocenters. The first-order valence-electron chi connectivity index (χ1n) is 9.48. The number of carbonyl (C=O) groups is 3. The van der Waals surface area contributed by atoms with Crippen molar-refractivity contribution in [3.63, 3.8) is 0 Å². The summed E-state index contributed by atoms with van der Waals surface area (Å²) in [5.74, 6) is -1.13. The van der Waals surface area contributed by atoms with Crippen LogP contribution in [0.2, 0.25) is 0 Å².